The zero-order valence-corrected chi connectivity index (χ0v) is 17.9. The van der Waals surface area contributed by atoms with Crippen molar-refractivity contribution >= 4 is 11.7 Å². The Morgan fingerprint density at radius 3 is 2.69 bits per heavy atom. The highest BCUT2D eigenvalue weighted by atomic mass is 19.3. The fourth-order valence-corrected chi connectivity index (χ4v) is 3.83. The van der Waals surface area contributed by atoms with Crippen LogP contribution in [0.25, 0.3) is 0 Å². The number of nitrogens with zero attached hydrogens (tertiary/aromatic N) is 3. The first-order valence-corrected chi connectivity index (χ1v) is 10.4. The van der Waals surface area contributed by atoms with Crippen molar-refractivity contribution in [3.05, 3.63) is 92.7 Å². The molecule has 0 spiro atoms. The molecule has 35 heavy (non-hydrogen) atoms. The highest BCUT2D eigenvalue weighted by Crippen LogP contribution is 2.27. The highest BCUT2D eigenvalue weighted by molar-refractivity contribution is 5.81. The number of nitrogens with one attached hydrogen (secondary N) is 2. The van der Waals surface area contributed by atoms with Gasteiger partial charge in [0.25, 0.3) is 11.3 Å². The van der Waals surface area contributed by atoms with Gasteiger partial charge in [0.05, 0.1) is 6.54 Å². The second-order valence-corrected chi connectivity index (χ2v) is 7.84. The molecule has 1 amide bonds. The number of aryl methyl sites for hydroxylation is 1. The number of hydrogen-bond donors (Lipinski definition) is 2. The molecule has 1 aliphatic rings. The first-order chi connectivity index (χ1) is 16.6. The Morgan fingerprint density at radius 2 is 1.94 bits per heavy atom. The maximum Gasteiger partial charge on any atom is 0.347 e. The number of alkyl halides is 2. The molecule has 1 aliphatic heterocycles. The summed E-state index contributed by atoms with van der Waals surface area (Å²) in [5, 5.41) is 16.2. The monoisotopic (exact) mass is 495 g/mol. The molecule has 0 radical (unpaired) electrons. The third kappa shape index (κ3) is 4.66. The summed E-state index contributed by atoms with van der Waals surface area (Å²) in [6.45, 7) is -1.78. The van der Waals surface area contributed by atoms with E-state index in [-0.39, 0.29) is 17.6 Å². The van der Waals surface area contributed by atoms with Crippen molar-refractivity contribution in [1.82, 2.24) is 14.9 Å². The Hall–Kier alpha value is -4.03. The Balaban J connectivity index is 1.51. The van der Waals surface area contributed by atoms with Gasteiger partial charge in [-0.3, -0.25) is 14.2 Å². The van der Waals surface area contributed by atoms with E-state index in [1.807, 2.05) is 0 Å². The molecule has 8 nitrogen and oxygen atoms in total. The number of anilines is 1. The SMILES string of the molecule is O=C(NCc1c(F)ccc(F)c1F)[C@@H]1CCc2cnc(NCC(F)(F)c3cccc[n+]3[O-])c(=O)n21. The van der Waals surface area contributed by atoms with Gasteiger partial charge < -0.3 is 15.8 Å². The van der Waals surface area contributed by atoms with E-state index in [2.05, 4.69) is 15.6 Å². The Morgan fingerprint density at radius 1 is 1.20 bits per heavy atom. The largest absolute Gasteiger partial charge is 0.618 e. The molecule has 4 rings (SSSR count). The zero-order chi connectivity index (χ0) is 25.3. The van der Waals surface area contributed by atoms with E-state index >= 15 is 0 Å². The lowest BCUT2D eigenvalue weighted by molar-refractivity contribution is -0.624. The van der Waals surface area contributed by atoms with Crippen LogP contribution < -0.4 is 20.9 Å². The molecule has 0 fully saturated rings. The van der Waals surface area contributed by atoms with Gasteiger partial charge in [0.15, 0.2) is 23.6 Å². The van der Waals surface area contributed by atoms with Gasteiger partial charge in [-0.05, 0) is 31.0 Å². The predicted octanol–water partition coefficient (Wildman–Crippen LogP) is 2.30. The summed E-state index contributed by atoms with van der Waals surface area (Å²) in [6, 6.07) is 3.74. The normalized spacial score (nSPS) is 15.1. The third-order valence-corrected chi connectivity index (χ3v) is 5.62. The van der Waals surface area contributed by atoms with Gasteiger partial charge in [-0.2, -0.15) is 13.5 Å². The maximum absolute atomic E-state index is 14.5. The lowest BCUT2D eigenvalue weighted by atomic mass is 10.1. The molecule has 13 heteroatoms. The molecule has 0 aliphatic carbocycles. The van der Waals surface area contributed by atoms with Gasteiger partial charge >= 0.3 is 5.92 Å². The summed E-state index contributed by atoms with van der Waals surface area (Å²) in [4.78, 5) is 29.4. The number of carbonyl (C=O) groups is 1. The smallest absolute Gasteiger partial charge is 0.347 e. The van der Waals surface area contributed by atoms with Gasteiger partial charge in [-0.15, -0.1) is 0 Å². The molecular formula is C22H18F5N5O3. The summed E-state index contributed by atoms with van der Waals surface area (Å²) in [5.74, 6) is -8.66. The molecule has 2 aromatic heterocycles. The van der Waals surface area contributed by atoms with Crippen molar-refractivity contribution in [1.29, 1.82) is 0 Å². The van der Waals surface area contributed by atoms with E-state index in [4.69, 9.17) is 0 Å². The minimum atomic E-state index is -3.64. The van der Waals surface area contributed by atoms with Crippen molar-refractivity contribution < 1.29 is 31.5 Å². The maximum atomic E-state index is 14.5. The fourth-order valence-electron chi connectivity index (χ4n) is 3.83. The van der Waals surface area contributed by atoms with Crippen molar-refractivity contribution in [2.45, 2.75) is 31.4 Å². The van der Waals surface area contributed by atoms with Gasteiger partial charge in [-0.1, -0.05) is 0 Å². The molecule has 3 heterocycles. The van der Waals surface area contributed by atoms with Crippen LogP contribution in [0.3, 0.4) is 0 Å². The van der Waals surface area contributed by atoms with Crippen LogP contribution in [0.1, 0.15) is 29.4 Å². The van der Waals surface area contributed by atoms with E-state index in [1.54, 1.807) is 0 Å². The minimum Gasteiger partial charge on any atom is -0.618 e. The fraction of sp³-hybridized carbons (Fsp3) is 0.273. The van der Waals surface area contributed by atoms with Crippen LogP contribution in [0, 0.1) is 22.7 Å². The van der Waals surface area contributed by atoms with Crippen molar-refractivity contribution in [3.8, 4) is 0 Å². The third-order valence-electron chi connectivity index (χ3n) is 5.62. The number of halogens is 5. The molecule has 184 valence electrons. The number of carbonyl (C=O) groups excluding carboxylic acids is 1. The molecule has 2 N–H and O–H groups in total. The van der Waals surface area contributed by atoms with Crippen LogP contribution in [0.15, 0.2) is 47.5 Å². The molecule has 0 saturated heterocycles. The molecule has 0 saturated carbocycles. The van der Waals surface area contributed by atoms with Crippen molar-refractivity contribution in [3.63, 3.8) is 0 Å². The van der Waals surface area contributed by atoms with Crippen LogP contribution in [-0.4, -0.2) is 22.0 Å². The summed E-state index contributed by atoms with van der Waals surface area (Å²) in [6.07, 6.45) is 2.57. The summed E-state index contributed by atoms with van der Waals surface area (Å²) in [5.41, 5.74) is -2.01. The number of benzene rings is 1. The van der Waals surface area contributed by atoms with Gasteiger partial charge in [0, 0.05) is 36.1 Å². The highest BCUT2D eigenvalue weighted by Gasteiger charge is 2.40. The van der Waals surface area contributed by atoms with E-state index in [0.29, 0.717) is 11.8 Å². The van der Waals surface area contributed by atoms with Crippen molar-refractivity contribution in [2.24, 2.45) is 0 Å². The van der Waals surface area contributed by atoms with E-state index < -0.39 is 71.0 Å². The van der Waals surface area contributed by atoms with Gasteiger partial charge in [-0.25, -0.2) is 18.2 Å². The number of amides is 1. The van der Waals surface area contributed by atoms with Gasteiger partial charge in [0.1, 0.15) is 11.9 Å². The quantitative estimate of drug-likeness (QED) is 0.227. The van der Waals surface area contributed by atoms with E-state index in [0.717, 1.165) is 22.9 Å². The topological polar surface area (TPSA) is 103 Å². The molecule has 1 atom stereocenters. The average molecular weight is 495 g/mol. The lowest BCUT2D eigenvalue weighted by Crippen LogP contribution is -2.42. The molecule has 0 unspecified atom stereocenters. The van der Waals surface area contributed by atoms with E-state index in [9.17, 15) is 36.7 Å². The Kier molecular flexibility index (Phi) is 6.41. The average Bonchev–Trinajstić information content (AvgIpc) is 3.26. The summed E-state index contributed by atoms with van der Waals surface area (Å²) >= 11 is 0. The van der Waals surface area contributed by atoms with Crippen LogP contribution in [0.5, 0.6) is 0 Å². The van der Waals surface area contributed by atoms with E-state index in [1.165, 1.54) is 18.3 Å². The van der Waals surface area contributed by atoms with Crippen LogP contribution >= 0.6 is 0 Å². The lowest BCUT2D eigenvalue weighted by Gasteiger charge is -2.18. The van der Waals surface area contributed by atoms with Crippen LogP contribution in [0.4, 0.5) is 27.8 Å². The summed E-state index contributed by atoms with van der Waals surface area (Å²) < 4.78 is 71.1. The molecule has 1 aromatic carbocycles. The minimum absolute atomic E-state index is 0.00923. The standard InChI is InChI=1S/C22H18F5N5O3/c23-14-5-6-15(24)18(25)13(14)10-29-20(33)16-7-4-12-9-28-19(21(34)32(12)16)30-11-22(26,27)17-3-1-2-8-31(17)35/h1-3,5-6,8-9,16H,4,7,10-11H2,(H,28,30)(H,29,33)/t16-/m0/s1. The van der Waals surface area contributed by atoms with Crippen LogP contribution in [-0.2, 0) is 23.7 Å². The van der Waals surface area contributed by atoms with Crippen LogP contribution in [0.2, 0.25) is 0 Å². The predicted molar refractivity (Wildman–Crippen MR) is 112 cm³/mol. The zero-order valence-electron chi connectivity index (χ0n) is 17.9. The first-order valence-electron chi connectivity index (χ1n) is 10.4. The second-order valence-electron chi connectivity index (χ2n) is 7.84. The molecular weight excluding hydrogens is 477 g/mol. The summed E-state index contributed by atoms with van der Waals surface area (Å²) in [7, 11) is 0. The molecule has 3 aromatic rings. The number of fused-ring (bicyclic) bond motifs is 1. The number of aromatic nitrogens is 3. The van der Waals surface area contributed by atoms with Crippen molar-refractivity contribution in [2.75, 3.05) is 11.9 Å². The Labute approximate surface area is 194 Å². The second kappa shape index (κ2) is 9.31. The Bertz CT molecular complexity index is 1350. The number of pyridine rings is 1. The molecule has 0 bridgehead atoms. The van der Waals surface area contributed by atoms with Gasteiger partial charge in [0.2, 0.25) is 5.91 Å². The number of rotatable bonds is 7. The first kappa shape index (κ1) is 24.1. The number of hydrogen-bond acceptors (Lipinski definition) is 5.